The highest BCUT2D eigenvalue weighted by atomic mass is 35.5. The number of halogens is 2. The van der Waals surface area contributed by atoms with Gasteiger partial charge in [-0.2, -0.15) is 0 Å². The van der Waals surface area contributed by atoms with Crippen LogP contribution in [0.25, 0.3) is 0 Å². The Balaban J connectivity index is 1.74. The molecule has 3 atom stereocenters. The summed E-state index contributed by atoms with van der Waals surface area (Å²) in [6.07, 6.45) is -1.37. The quantitative estimate of drug-likeness (QED) is 0.464. The van der Waals surface area contributed by atoms with Crippen molar-refractivity contribution in [2.45, 2.75) is 32.2 Å². The Morgan fingerprint density at radius 1 is 1.11 bits per heavy atom. The third kappa shape index (κ3) is 5.74. The number of amides is 1. The van der Waals surface area contributed by atoms with Crippen LogP contribution in [0.5, 0.6) is 11.5 Å². The molecule has 35 heavy (non-hydrogen) atoms. The van der Waals surface area contributed by atoms with E-state index in [0.29, 0.717) is 29.2 Å². The third-order valence-electron chi connectivity index (χ3n) is 5.94. The number of nitrogens with zero attached hydrogens (tertiary/aromatic N) is 2. The first-order valence-electron chi connectivity index (χ1n) is 11.2. The maximum absolute atomic E-state index is 14.3. The molecule has 1 aliphatic heterocycles. The normalized spacial score (nSPS) is 19.4. The molecule has 9 heteroatoms. The molecule has 7 nitrogen and oxygen atoms in total. The van der Waals surface area contributed by atoms with E-state index in [1.807, 2.05) is 60.4 Å². The van der Waals surface area contributed by atoms with E-state index >= 15 is 0 Å². The standard InChI is InChI=1S/C26H27ClFN3O4/c1-17(21-12-18(28)13-23(27)22(21)16-32)30-15-25(34-19-8-4-2-5-9-19)31(14-24(29)33)26(30)35-20-10-6-3-7-11-20/h2-13,17,25-26,32H,14-16H2,1H3,(H2,29,33). The van der Waals surface area contributed by atoms with Gasteiger partial charge in [-0.1, -0.05) is 48.0 Å². The molecule has 1 fully saturated rings. The van der Waals surface area contributed by atoms with Crippen LogP contribution < -0.4 is 15.2 Å². The Morgan fingerprint density at radius 2 is 1.71 bits per heavy atom. The van der Waals surface area contributed by atoms with Gasteiger partial charge in [-0.15, -0.1) is 0 Å². The number of aliphatic hydroxyl groups excluding tert-OH is 1. The van der Waals surface area contributed by atoms with Crippen LogP contribution in [0.15, 0.2) is 72.8 Å². The Hall–Kier alpha value is -3.17. The molecule has 0 aliphatic carbocycles. The molecule has 0 spiro atoms. The highest BCUT2D eigenvalue weighted by molar-refractivity contribution is 6.31. The van der Waals surface area contributed by atoms with Gasteiger partial charge in [0.05, 0.1) is 19.7 Å². The van der Waals surface area contributed by atoms with E-state index in [1.54, 1.807) is 17.0 Å². The predicted molar refractivity (Wildman–Crippen MR) is 130 cm³/mol. The minimum absolute atomic E-state index is 0.130. The molecule has 1 amide bonds. The first-order valence-corrected chi connectivity index (χ1v) is 11.6. The fourth-order valence-electron chi connectivity index (χ4n) is 4.28. The fourth-order valence-corrected chi connectivity index (χ4v) is 4.55. The molecular formula is C26H27ClFN3O4. The van der Waals surface area contributed by atoms with Gasteiger partial charge in [-0.25, -0.2) is 14.2 Å². The first-order chi connectivity index (χ1) is 16.9. The van der Waals surface area contributed by atoms with Gasteiger partial charge in [-0.3, -0.25) is 4.79 Å². The summed E-state index contributed by atoms with van der Waals surface area (Å²) < 4.78 is 26.9. The number of aliphatic hydroxyl groups is 1. The number of primary amides is 1. The van der Waals surface area contributed by atoms with Crippen LogP contribution >= 0.6 is 11.6 Å². The fraction of sp³-hybridized carbons (Fsp3) is 0.269. The minimum atomic E-state index is -0.776. The lowest BCUT2D eigenvalue weighted by molar-refractivity contribution is -0.128. The summed E-state index contributed by atoms with van der Waals surface area (Å²) in [4.78, 5) is 15.7. The smallest absolute Gasteiger partial charge is 0.231 e. The van der Waals surface area contributed by atoms with E-state index in [2.05, 4.69) is 0 Å². The van der Waals surface area contributed by atoms with Gasteiger partial charge >= 0.3 is 0 Å². The first kappa shape index (κ1) is 24.9. The maximum atomic E-state index is 14.3. The van der Waals surface area contributed by atoms with Crippen molar-refractivity contribution in [2.75, 3.05) is 13.1 Å². The SMILES string of the molecule is CC(c1cc(F)cc(Cl)c1CO)N1CC(Oc2ccccc2)N(CC(N)=O)C1Oc1ccccc1. The van der Waals surface area contributed by atoms with Crippen LogP contribution in [-0.2, 0) is 11.4 Å². The van der Waals surface area contributed by atoms with Crippen molar-refractivity contribution in [3.63, 3.8) is 0 Å². The Labute approximate surface area is 208 Å². The summed E-state index contributed by atoms with van der Waals surface area (Å²) in [5, 5.41) is 10.1. The largest absolute Gasteiger partial charge is 0.474 e. The number of ether oxygens (including phenoxy) is 2. The Morgan fingerprint density at radius 3 is 2.29 bits per heavy atom. The van der Waals surface area contributed by atoms with E-state index in [0.717, 1.165) is 0 Å². The van der Waals surface area contributed by atoms with E-state index in [4.69, 9.17) is 26.8 Å². The summed E-state index contributed by atoms with van der Waals surface area (Å²) in [5.74, 6) is 0.126. The second kappa shape index (κ2) is 11.0. The second-order valence-corrected chi connectivity index (χ2v) is 8.67. The number of hydrogen-bond acceptors (Lipinski definition) is 6. The van der Waals surface area contributed by atoms with Crippen LogP contribution in [0, 0.1) is 5.82 Å². The van der Waals surface area contributed by atoms with Gasteiger partial charge in [0, 0.05) is 16.6 Å². The molecule has 3 aromatic rings. The lowest BCUT2D eigenvalue weighted by atomic mass is 10.0. The molecule has 3 N–H and O–H groups in total. The number of rotatable bonds is 9. The van der Waals surface area contributed by atoms with E-state index in [-0.39, 0.29) is 18.2 Å². The van der Waals surface area contributed by atoms with E-state index in [1.165, 1.54) is 12.1 Å². The second-order valence-electron chi connectivity index (χ2n) is 8.27. The number of benzene rings is 3. The van der Waals surface area contributed by atoms with Crippen LogP contribution in [0.4, 0.5) is 4.39 Å². The third-order valence-corrected chi connectivity index (χ3v) is 6.28. The Kier molecular flexibility index (Phi) is 7.87. The van der Waals surface area contributed by atoms with Gasteiger partial charge < -0.3 is 20.3 Å². The molecule has 3 unspecified atom stereocenters. The van der Waals surface area contributed by atoms with Crippen molar-refractivity contribution in [1.29, 1.82) is 0 Å². The summed E-state index contributed by atoms with van der Waals surface area (Å²) in [6.45, 7) is 1.68. The van der Waals surface area contributed by atoms with E-state index < -0.39 is 30.3 Å². The molecule has 0 radical (unpaired) electrons. The monoisotopic (exact) mass is 499 g/mol. The van der Waals surface area contributed by atoms with Crippen LogP contribution in [0.3, 0.4) is 0 Å². The highest BCUT2D eigenvalue weighted by Crippen LogP contribution is 2.36. The molecule has 4 rings (SSSR count). The van der Waals surface area contributed by atoms with Crippen molar-refractivity contribution in [3.8, 4) is 11.5 Å². The Bertz CT molecular complexity index is 1150. The number of hydrogen-bond donors (Lipinski definition) is 2. The predicted octanol–water partition coefficient (Wildman–Crippen LogP) is 3.90. The zero-order chi connectivity index (χ0) is 24.9. The van der Waals surface area contributed by atoms with Crippen molar-refractivity contribution in [2.24, 2.45) is 5.73 Å². The zero-order valence-corrected chi connectivity index (χ0v) is 19.9. The number of para-hydroxylation sites is 2. The van der Waals surface area contributed by atoms with Crippen LogP contribution in [0.1, 0.15) is 24.1 Å². The number of nitrogens with two attached hydrogens (primary N) is 1. The molecule has 0 aromatic heterocycles. The lowest BCUT2D eigenvalue weighted by Crippen LogP contribution is -2.49. The van der Waals surface area contributed by atoms with Gasteiger partial charge in [-0.05, 0) is 48.9 Å². The molecule has 1 heterocycles. The minimum Gasteiger partial charge on any atom is -0.474 e. The van der Waals surface area contributed by atoms with Crippen molar-refractivity contribution in [1.82, 2.24) is 9.80 Å². The molecule has 0 saturated carbocycles. The van der Waals surface area contributed by atoms with Crippen LogP contribution in [0.2, 0.25) is 5.02 Å². The average molecular weight is 500 g/mol. The molecule has 184 valence electrons. The lowest BCUT2D eigenvalue weighted by Gasteiger charge is -2.34. The van der Waals surface area contributed by atoms with Gasteiger partial charge in [0.1, 0.15) is 17.3 Å². The average Bonchev–Trinajstić information content (AvgIpc) is 3.15. The van der Waals surface area contributed by atoms with Gasteiger partial charge in [0.25, 0.3) is 0 Å². The number of carbonyl (C=O) groups is 1. The molecule has 1 saturated heterocycles. The van der Waals surface area contributed by atoms with Crippen molar-refractivity contribution in [3.05, 3.63) is 94.8 Å². The van der Waals surface area contributed by atoms with Crippen molar-refractivity contribution < 1.29 is 23.8 Å². The summed E-state index contributed by atoms with van der Waals surface area (Å²) in [7, 11) is 0. The molecule has 1 aliphatic rings. The van der Waals surface area contributed by atoms with Gasteiger partial charge in [0.15, 0.2) is 6.23 Å². The molecule has 0 bridgehead atoms. The van der Waals surface area contributed by atoms with Gasteiger partial charge in [0.2, 0.25) is 12.3 Å². The highest BCUT2D eigenvalue weighted by Gasteiger charge is 2.46. The summed E-state index contributed by atoms with van der Waals surface area (Å²) >= 11 is 6.24. The maximum Gasteiger partial charge on any atom is 0.231 e. The van der Waals surface area contributed by atoms with Crippen molar-refractivity contribution >= 4 is 17.5 Å². The molecule has 3 aromatic carbocycles. The number of carbonyl (C=O) groups excluding carboxylic acids is 1. The van der Waals surface area contributed by atoms with E-state index in [9.17, 15) is 14.3 Å². The molecular weight excluding hydrogens is 473 g/mol. The summed E-state index contributed by atoms with van der Waals surface area (Å²) in [5.41, 5.74) is 6.53. The summed E-state index contributed by atoms with van der Waals surface area (Å²) in [6, 6.07) is 20.4. The van der Waals surface area contributed by atoms with Crippen LogP contribution in [-0.4, -0.2) is 46.5 Å². The topological polar surface area (TPSA) is 88.3 Å². The zero-order valence-electron chi connectivity index (χ0n) is 19.2.